The van der Waals surface area contributed by atoms with Crippen LogP contribution in [-0.2, 0) is 12.1 Å². The van der Waals surface area contributed by atoms with Crippen LogP contribution in [0.25, 0.3) is 32.9 Å². The average Bonchev–Trinajstić information content (AvgIpc) is 3.45. The predicted molar refractivity (Wildman–Crippen MR) is 153 cm³/mol. The molecular formula is C32H29N3O4. The van der Waals surface area contributed by atoms with Gasteiger partial charge in [-0.1, -0.05) is 36.4 Å². The molecule has 39 heavy (non-hydrogen) atoms. The number of H-pyrrole nitrogens is 1. The molecule has 0 fully saturated rings. The number of methoxy groups -OCH3 is 1. The molecule has 7 nitrogen and oxygen atoms in total. The highest BCUT2D eigenvalue weighted by molar-refractivity contribution is 6.20. The number of amides is 2. The van der Waals surface area contributed by atoms with Crippen LogP contribution in [0.3, 0.4) is 0 Å². The van der Waals surface area contributed by atoms with E-state index in [9.17, 15) is 14.7 Å². The minimum absolute atomic E-state index is 0.0652. The van der Waals surface area contributed by atoms with Crippen molar-refractivity contribution >= 4 is 39.3 Å². The lowest BCUT2D eigenvalue weighted by atomic mass is 9.92. The molecule has 0 unspecified atom stereocenters. The van der Waals surface area contributed by atoms with E-state index >= 15 is 0 Å². The largest absolute Gasteiger partial charge is 0.497 e. The summed E-state index contributed by atoms with van der Waals surface area (Å²) < 4.78 is 5.33. The van der Waals surface area contributed by atoms with Gasteiger partial charge in [-0.05, 0) is 78.9 Å². The quantitative estimate of drug-likeness (QED) is 0.273. The van der Waals surface area contributed by atoms with Gasteiger partial charge in [0.2, 0.25) is 0 Å². The van der Waals surface area contributed by atoms with Gasteiger partial charge in [0.15, 0.2) is 0 Å². The Kier molecular flexibility index (Phi) is 5.52. The fourth-order valence-corrected chi connectivity index (χ4v) is 5.63. The molecule has 0 bridgehead atoms. The van der Waals surface area contributed by atoms with E-state index in [-0.39, 0.29) is 5.91 Å². The van der Waals surface area contributed by atoms with Crippen molar-refractivity contribution in [3.05, 3.63) is 94.5 Å². The number of aromatic nitrogens is 1. The SMILES string of the molecule is COc1ccc2c(c1)C(=O)N(c1cccc(-c3ccc(C(N)=O)c4[nH]c5cc(C(C)(C)O)ccc5c34)c1C)C2. The van der Waals surface area contributed by atoms with Crippen LogP contribution in [0.15, 0.2) is 66.7 Å². The minimum Gasteiger partial charge on any atom is -0.497 e. The van der Waals surface area contributed by atoms with Crippen molar-refractivity contribution < 1.29 is 19.4 Å². The normalized spacial score (nSPS) is 13.4. The summed E-state index contributed by atoms with van der Waals surface area (Å²) in [6.07, 6.45) is 0. The van der Waals surface area contributed by atoms with E-state index in [0.717, 1.165) is 49.8 Å². The topological polar surface area (TPSA) is 109 Å². The van der Waals surface area contributed by atoms with Gasteiger partial charge in [-0.3, -0.25) is 9.59 Å². The number of carbonyl (C=O) groups excluding carboxylic acids is 2. The van der Waals surface area contributed by atoms with E-state index in [4.69, 9.17) is 10.5 Å². The van der Waals surface area contributed by atoms with Crippen LogP contribution in [0.2, 0.25) is 0 Å². The standard InChI is InChI=1S/C32H29N3O4/c1-17-21(6-5-7-27(17)35-16-18-8-10-20(39-4)15-25(18)31(35)37)22-12-13-24(30(33)36)29-28(22)23-11-9-19(32(2,3)38)14-26(23)34-29/h5-15,34,38H,16H2,1-4H3,(H2,33,36). The summed E-state index contributed by atoms with van der Waals surface area (Å²) in [6.45, 7) is 5.96. The van der Waals surface area contributed by atoms with Crippen molar-refractivity contribution in [3.63, 3.8) is 0 Å². The molecule has 1 aliphatic rings. The Bertz CT molecular complexity index is 1830. The van der Waals surface area contributed by atoms with E-state index in [1.165, 1.54) is 0 Å². The predicted octanol–water partition coefficient (Wildman–Crippen LogP) is 5.79. The molecule has 6 rings (SSSR count). The summed E-state index contributed by atoms with van der Waals surface area (Å²) in [5.74, 6) is 0.0604. The summed E-state index contributed by atoms with van der Waals surface area (Å²) in [6, 6.07) is 20.9. The van der Waals surface area contributed by atoms with Gasteiger partial charge in [-0.2, -0.15) is 0 Å². The third-order valence-electron chi connectivity index (χ3n) is 7.73. The third kappa shape index (κ3) is 3.85. The first-order valence-electron chi connectivity index (χ1n) is 12.8. The van der Waals surface area contributed by atoms with Gasteiger partial charge < -0.3 is 25.5 Å². The molecule has 0 aliphatic carbocycles. The van der Waals surface area contributed by atoms with Gasteiger partial charge in [-0.25, -0.2) is 0 Å². The molecule has 1 aromatic heterocycles. The number of benzene rings is 4. The molecule has 1 aliphatic heterocycles. The second-order valence-corrected chi connectivity index (χ2v) is 10.6. The molecule has 4 aromatic carbocycles. The number of primary amides is 1. The number of nitrogens with zero attached hydrogens (tertiary/aromatic N) is 1. The van der Waals surface area contributed by atoms with Crippen molar-refractivity contribution in [2.45, 2.75) is 32.9 Å². The highest BCUT2D eigenvalue weighted by atomic mass is 16.5. The minimum atomic E-state index is -1.02. The van der Waals surface area contributed by atoms with Crippen LogP contribution in [0.4, 0.5) is 5.69 Å². The van der Waals surface area contributed by atoms with Gasteiger partial charge in [0.25, 0.3) is 11.8 Å². The zero-order valence-corrected chi connectivity index (χ0v) is 22.3. The fourth-order valence-electron chi connectivity index (χ4n) is 5.63. The number of carbonyl (C=O) groups is 2. The summed E-state index contributed by atoms with van der Waals surface area (Å²) in [5.41, 5.74) is 12.6. The molecule has 7 heteroatoms. The number of aliphatic hydroxyl groups is 1. The number of anilines is 1. The lowest BCUT2D eigenvalue weighted by Gasteiger charge is -2.21. The third-order valence-corrected chi connectivity index (χ3v) is 7.73. The first-order valence-corrected chi connectivity index (χ1v) is 12.8. The lowest BCUT2D eigenvalue weighted by Crippen LogP contribution is -2.24. The maximum absolute atomic E-state index is 13.4. The Morgan fingerprint density at radius 1 is 1.03 bits per heavy atom. The smallest absolute Gasteiger partial charge is 0.259 e. The molecule has 2 heterocycles. The summed E-state index contributed by atoms with van der Waals surface area (Å²) >= 11 is 0. The van der Waals surface area contributed by atoms with E-state index in [1.54, 1.807) is 38.0 Å². The lowest BCUT2D eigenvalue weighted by molar-refractivity contribution is 0.0787. The van der Waals surface area contributed by atoms with E-state index in [1.807, 2.05) is 61.5 Å². The molecule has 0 saturated carbocycles. The average molecular weight is 520 g/mol. The van der Waals surface area contributed by atoms with Crippen LogP contribution in [0.5, 0.6) is 5.75 Å². The number of ether oxygens (including phenoxy) is 1. The first kappa shape index (κ1) is 24.7. The Labute approximate surface area is 225 Å². The Hall–Kier alpha value is -4.62. The highest BCUT2D eigenvalue weighted by Gasteiger charge is 2.30. The van der Waals surface area contributed by atoms with Crippen LogP contribution < -0.4 is 15.4 Å². The molecule has 196 valence electrons. The number of fused-ring (bicyclic) bond motifs is 4. The van der Waals surface area contributed by atoms with Gasteiger partial charge in [0.05, 0.1) is 30.3 Å². The molecule has 4 N–H and O–H groups in total. The molecule has 0 spiro atoms. The number of nitrogens with one attached hydrogen (secondary N) is 1. The van der Waals surface area contributed by atoms with Crippen molar-refractivity contribution in [1.82, 2.24) is 4.98 Å². The fraction of sp³-hybridized carbons (Fsp3) is 0.188. The summed E-state index contributed by atoms with van der Waals surface area (Å²) in [7, 11) is 1.59. The monoisotopic (exact) mass is 519 g/mol. The van der Waals surface area contributed by atoms with Crippen molar-refractivity contribution in [3.8, 4) is 16.9 Å². The summed E-state index contributed by atoms with van der Waals surface area (Å²) in [5, 5.41) is 12.3. The maximum Gasteiger partial charge on any atom is 0.259 e. The number of aromatic amines is 1. The first-order chi connectivity index (χ1) is 18.6. The Morgan fingerprint density at radius 2 is 1.82 bits per heavy atom. The molecule has 5 aromatic rings. The second-order valence-electron chi connectivity index (χ2n) is 10.6. The van der Waals surface area contributed by atoms with E-state index < -0.39 is 11.5 Å². The number of rotatable bonds is 5. The van der Waals surface area contributed by atoms with Crippen LogP contribution in [-0.4, -0.2) is 29.0 Å². The van der Waals surface area contributed by atoms with Crippen LogP contribution in [0, 0.1) is 6.92 Å². The van der Waals surface area contributed by atoms with E-state index in [0.29, 0.717) is 28.9 Å². The highest BCUT2D eigenvalue weighted by Crippen LogP contribution is 2.41. The van der Waals surface area contributed by atoms with Gasteiger partial charge >= 0.3 is 0 Å². The summed E-state index contributed by atoms with van der Waals surface area (Å²) in [4.78, 5) is 31.0. The van der Waals surface area contributed by atoms with Crippen LogP contribution >= 0.6 is 0 Å². The molecule has 0 radical (unpaired) electrons. The van der Waals surface area contributed by atoms with E-state index in [2.05, 4.69) is 4.98 Å². The van der Waals surface area contributed by atoms with Gasteiger partial charge in [0, 0.05) is 27.5 Å². The van der Waals surface area contributed by atoms with Gasteiger partial charge in [0.1, 0.15) is 5.75 Å². The molecule has 0 saturated heterocycles. The number of hydrogen-bond acceptors (Lipinski definition) is 4. The Balaban J connectivity index is 1.54. The van der Waals surface area contributed by atoms with Crippen LogP contribution in [0.1, 0.15) is 51.3 Å². The molecular weight excluding hydrogens is 490 g/mol. The molecule has 2 amide bonds. The number of nitrogens with two attached hydrogens (primary N) is 1. The Morgan fingerprint density at radius 3 is 2.54 bits per heavy atom. The zero-order valence-electron chi connectivity index (χ0n) is 22.3. The molecule has 0 atom stereocenters. The number of hydrogen-bond donors (Lipinski definition) is 3. The maximum atomic E-state index is 13.4. The van der Waals surface area contributed by atoms with Crippen molar-refractivity contribution in [2.24, 2.45) is 5.73 Å². The second kappa shape index (κ2) is 8.71. The van der Waals surface area contributed by atoms with Crippen molar-refractivity contribution in [1.29, 1.82) is 0 Å². The zero-order chi connectivity index (χ0) is 27.6. The van der Waals surface area contributed by atoms with Crippen molar-refractivity contribution in [2.75, 3.05) is 12.0 Å². The van der Waals surface area contributed by atoms with Gasteiger partial charge in [-0.15, -0.1) is 0 Å².